The average Bonchev–Trinajstić information content (AvgIpc) is 3.22. The largest absolute Gasteiger partial charge is 0.399 e. The van der Waals surface area contributed by atoms with Crippen molar-refractivity contribution in [1.82, 2.24) is 14.5 Å². The molecule has 3 rings (SSSR count). The van der Waals surface area contributed by atoms with Crippen LogP contribution in [0.25, 0.3) is 0 Å². The molecule has 0 spiro atoms. The second-order valence-electron chi connectivity index (χ2n) is 5.36. The minimum absolute atomic E-state index is 0.0242. The maximum atomic E-state index is 13.9. The van der Waals surface area contributed by atoms with E-state index in [1.165, 1.54) is 18.2 Å². The number of nitrogens with two attached hydrogens (primary N) is 1. The Morgan fingerprint density at radius 3 is 2.90 bits per heavy atom. The smallest absolute Gasteiger partial charge is 0.257 e. The highest BCUT2D eigenvalue weighted by atomic mass is 19.1. The summed E-state index contributed by atoms with van der Waals surface area (Å²) >= 11 is 0. The molecule has 2 aromatic rings. The lowest BCUT2D eigenvalue weighted by Crippen LogP contribution is -2.34. The first-order valence-electron chi connectivity index (χ1n) is 6.88. The lowest BCUT2D eigenvalue weighted by Gasteiger charge is -2.22. The number of anilines is 1. The second kappa shape index (κ2) is 5.20. The lowest BCUT2D eigenvalue weighted by molar-refractivity contribution is 0.0719. The molecular formula is C15H17FN4O. The van der Waals surface area contributed by atoms with Gasteiger partial charge in [-0.2, -0.15) is 0 Å². The van der Waals surface area contributed by atoms with Gasteiger partial charge in [0, 0.05) is 31.2 Å². The molecule has 110 valence electrons. The van der Waals surface area contributed by atoms with Gasteiger partial charge in [-0.15, -0.1) is 0 Å². The zero-order valence-corrected chi connectivity index (χ0v) is 11.8. The maximum Gasteiger partial charge on any atom is 0.257 e. The Balaban J connectivity index is 1.88. The molecule has 1 saturated carbocycles. The van der Waals surface area contributed by atoms with Crippen LogP contribution in [-0.4, -0.2) is 26.4 Å². The molecule has 6 heteroatoms. The molecule has 0 atom stereocenters. The summed E-state index contributed by atoms with van der Waals surface area (Å²) in [5.41, 5.74) is 6.07. The average molecular weight is 288 g/mol. The Bertz CT molecular complexity index is 678. The first-order valence-corrected chi connectivity index (χ1v) is 6.88. The summed E-state index contributed by atoms with van der Waals surface area (Å²) in [6.45, 7) is 0.376. The standard InChI is InChI=1S/C15H17FN4O/c1-19-7-6-18-14(19)9-20(11-3-4-11)15(21)12-8-10(17)2-5-13(12)16/h2,5-8,11H,3-4,9,17H2,1H3. The normalized spacial score (nSPS) is 14.2. The van der Waals surface area contributed by atoms with Crippen LogP contribution in [0, 0.1) is 5.82 Å². The van der Waals surface area contributed by atoms with E-state index in [0.717, 1.165) is 18.7 Å². The third-order valence-corrected chi connectivity index (χ3v) is 3.70. The Labute approximate surface area is 122 Å². The number of carbonyl (C=O) groups excluding carboxylic acids is 1. The number of nitrogens with zero attached hydrogens (tertiary/aromatic N) is 3. The Morgan fingerprint density at radius 2 is 2.29 bits per heavy atom. The predicted molar refractivity (Wildman–Crippen MR) is 76.9 cm³/mol. The van der Waals surface area contributed by atoms with Crippen molar-refractivity contribution in [1.29, 1.82) is 0 Å². The number of nitrogen functional groups attached to an aromatic ring is 1. The minimum Gasteiger partial charge on any atom is -0.399 e. The first-order chi connectivity index (χ1) is 10.1. The summed E-state index contributed by atoms with van der Waals surface area (Å²) < 4.78 is 15.8. The Kier molecular flexibility index (Phi) is 3.37. The number of rotatable bonds is 4. The van der Waals surface area contributed by atoms with Crippen LogP contribution in [0.1, 0.15) is 29.0 Å². The van der Waals surface area contributed by atoms with E-state index in [-0.39, 0.29) is 17.5 Å². The number of aromatic nitrogens is 2. The fourth-order valence-electron chi connectivity index (χ4n) is 2.32. The Morgan fingerprint density at radius 1 is 1.52 bits per heavy atom. The van der Waals surface area contributed by atoms with Crippen molar-refractivity contribution >= 4 is 11.6 Å². The number of carbonyl (C=O) groups is 1. The van der Waals surface area contributed by atoms with Gasteiger partial charge in [0.05, 0.1) is 12.1 Å². The first kappa shape index (κ1) is 13.6. The van der Waals surface area contributed by atoms with Gasteiger partial charge in [-0.25, -0.2) is 9.37 Å². The fraction of sp³-hybridized carbons (Fsp3) is 0.333. The highest BCUT2D eigenvalue weighted by Gasteiger charge is 2.34. The number of halogens is 1. The summed E-state index contributed by atoms with van der Waals surface area (Å²) in [7, 11) is 1.87. The minimum atomic E-state index is -0.542. The molecule has 1 aromatic heterocycles. The summed E-state index contributed by atoms with van der Waals surface area (Å²) in [5, 5.41) is 0. The molecule has 2 N–H and O–H groups in total. The zero-order valence-electron chi connectivity index (χ0n) is 11.8. The van der Waals surface area contributed by atoms with Gasteiger partial charge < -0.3 is 15.2 Å². The van der Waals surface area contributed by atoms with Gasteiger partial charge in [0.2, 0.25) is 0 Å². The summed E-state index contributed by atoms with van der Waals surface area (Å²) in [4.78, 5) is 18.5. The Hall–Kier alpha value is -2.37. The molecule has 0 unspecified atom stereocenters. The molecule has 5 nitrogen and oxygen atoms in total. The number of hydrogen-bond donors (Lipinski definition) is 1. The molecule has 21 heavy (non-hydrogen) atoms. The number of hydrogen-bond acceptors (Lipinski definition) is 3. The van der Waals surface area contributed by atoms with Gasteiger partial charge in [-0.3, -0.25) is 4.79 Å². The van der Waals surface area contributed by atoms with Crippen molar-refractivity contribution in [3.05, 3.63) is 47.8 Å². The molecule has 1 heterocycles. The van der Waals surface area contributed by atoms with E-state index in [1.54, 1.807) is 11.1 Å². The zero-order chi connectivity index (χ0) is 15.0. The SMILES string of the molecule is Cn1ccnc1CN(C(=O)c1cc(N)ccc1F)C1CC1. The van der Waals surface area contributed by atoms with Gasteiger partial charge in [0.1, 0.15) is 11.6 Å². The van der Waals surface area contributed by atoms with Gasteiger partial charge in [0.15, 0.2) is 0 Å². The molecule has 1 aromatic carbocycles. The van der Waals surface area contributed by atoms with E-state index < -0.39 is 5.82 Å². The summed E-state index contributed by atoms with van der Waals surface area (Å²) in [6.07, 6.45) is 5.40. The van der Waals surface area contributed by atoms with Gasteiger partial charge in [0.25, 0.3) is 5.91 Å². The molecule has 0 aliphatic heterocycles. The van der Waals surface area contributed by atoms with E-state index in [2.05, 4.69) is 4.98 Å². The topological polar surface area (TPSA) is 64.2 Å². The predicted octanol–water partition coefficient (Wildman–Crippen LogP) is 1.95. The van der Waals surface area contributed by atoms with Gasteiger partial charge >= 0.3 is 0 Å². The number of benzene rings is 1. The van der Waals surface area contributed by atoms with Crippen LogP contribution >= 0.6 is 0 Å². The molecular weight excluding hydrogens is 271 g/mol. The molecule has 1 amide bonds. The highest BCUT2D eigenvalue weighted by Crippen LogP contribution is 2.30. The van der Waals surface area contributed by atoms with Crippen LogP contribution < -0.4 is 5.73 Å². The van der Waals surface area contributed by atoms with Crippen LogP contribution in [-0.2, 0) is 13.6 Å². The van der Waals surface area contributed by atoms with Crippen LogP contribution in [0.15, 0.2) is 30.6 Å². The van der Waals surface area contributed by atoms with Gasteiger partial charge in [-0.05, 0) is 31.0 Å². The van der Waals surface area contributed by atoms with Crippen LogP contribution in [0.5, 0.6) is 0 Å². The molecule has 0 saturated heterocycles. The van der Waals surface area contributed by atoms with Crippen LogP contribution in [0.2, 0.25) is 0 Å². The fourth-order valence-corrected chi connectivity index (χ4v) is 2.32. The van der Waals surface area contributed by atoms with Crippen molar-refractivity contribution in [3.63, 3.8) is 0 Å². The molecule has 0 radical (unpaired) electrons. The highest BCUT2D eigenvalue weighted by molar-refractivity contribution is 5.95. The van der Waals surface area contributed by atoms with Crippen molar-refractivity contribution in [2.75, 3.05) is 5.73 Å². The van der Waals surface area contributed by atoms with E-state index in [9.17, 15) is 9.18 Å². The van der Waals surface area contributed by atoms with Crippen molar-refractivity contribution in [2.45, 2.75) is 25.4 Å². The van der Waals surface area contributed by atoms with E-state index in [0.29, 0.717) is 12.2 Å². The van der Waals surface area contributed by atoms with Crippen molar-refractivity contribution in [3.8, 4) is 0 Å². The number of amides is 1. The third kappa shape index (κ3) is 2.74. The lowest BCUT2D eigenvalue weighted by atomic mass is 10.1. The van der Waals surface area contributed by atoms with E-state index >= 15 is 0 Å². The molecule has 1 aliphatic rings. The number of aryl methyl sites for hydroxylation is 1. The van der Waals surface area contributed by atoms with Gasteiger partial charge in [-0.1, -0.05) is 0 Å². The van der Waals surface area contributed by atoms with Crippen molar-refractivity contribution < 1.29 is 9.18 Å². The monoisotopic (exact) mass is 288 g/mol. The van der Waals surface area contributed by atoms with Crippen LogP contribution in [0.3, 0.4) is 0 Å². The molecule has 0 bridgehead atoms. The van der Waals surface area contributed by atoms with Crippen molar-refractivity contribution in [2.24, 2.45) is 7.05 Å². The van der Waals surface area contributed by atoms with E-state index in [4.69, 9.17) is 5.73 Å². The summed E-state index contributed by atoms with van der Waals surface area (Å²) in [6, 6.07) is 4.24. The quantitative estimate of drug-likeness (QED) is 0.875. The summed E-state index contributed by atoms with van der Waals surface area (Å²) in [5.74, 6) is -0.0930. The number of imidazole rings is 1. The third-order valence-electron chi connectivity index (χ3n) is 3.70. The second-order valence-corrected chi connectivity index (χ2v) is 5.36. The van der Waals surface area contributed by atoms with E-state index in [1.807, 2.05) is 17.8 Å². The maximum absolute atomic E-state index is 13.9. The molecule has 1 aliphatic carbocycles. The molecule has 1 fully saturated rings. The van der Waals surface area contributed by atoms with Crippen LogP contribution in [0.4, 0.5) is 10.1 Å².